The lowest BCUT2D eigenvalue weighted by Gasteiger charge is -2.14. The molecule has 1 N–H and O–H groups in total. The van der Waals surface area contributed by atoms with E-state index >= 15 is 0 Å². The summed E-state index contributed by atoms with van der Waals surface area (Å²) in [5, 5.41) is 4.12. The van der Waals surface area contributed by atoms with Gasteiger partial charge in [0, 0.05) is 11.3 Å². The van der Waals surface area contributed by atoms with Crippen LogP contribution in [0, 0.1) is 5.92 Å². The molecule has 0 fully saturated rings. The number of hydrazone groups is 1. The maximum absolute atomic E-state index is 12.3. The Morgan fingerprint density at radius 2 is 1.63 bits per heavy atom. The summed E-state index contributed by atoms with van der Waals surface area (Å²) in [6.45, 7) is 5.82. The van der Waals surface area contributed by atoms with Gasteiger partial charge in [0.1, 0.15) is 0 Å². The molecule has 0 saturated heterocycles. The monoisotopic (exact) mass is 366 g/mol. The van der Waals surface area contributed by atoms with Crippen molar-refractivity contribution in [1.29, 1.82) is 0 Å². The molecule has 27 heavy (non-hydrogen) atoms. The van der Waals surface area contributed by atoms with Gasteiger partial charge in [0.2, 0.25) is 0 Å². The number of carbonyl (C=O) groups is 2. The lowest BCUT2D eigenvalue weighted by molar-refractivity contribution is -0.145. The van der Waals surface area contributed by atoms with Crippen LogP contribution in [0.3, 0.4) is 0 Å². The summed E-state index contributed by atoms with van der Waals surface area (Å²) in [5.41, 5.74) is 5.72. The van der Waals surface area contributed by atoms with Crippen LogP contribution in [0.25, 0.3) is 11.1 Å². The van der Waals surface area contributed by atoms with E-state index in [1.807, 2.05) is 49.4 Å². The van der Waals surface area contributed by atoms with Gasteiger partial charge in [0.05, 0.1) is 12.5 Å². The zero-order valence-electron chi connectivity index (χ0n) is 16.1. The second kappa shape index (κ2) is 10.3. The van der Waals surface area contributed by atoms with E-state index in [0.717, 1.165) is 17.5 Å². The molecule has 0 saturated carbocycles. The molecule has 0 bridgehead atoms. The van der Waals surface area contributed by atoms with Crippen LogP contribution in [0.5, 0.6) is 0 Å². The van der Waals surface area contributed by atoms with E-state index in [1.165, 1.54) is 0 Å². The van der Waals surface area contributed by atoms with Crippen LogP contribution in [-0.4, -0.2) is 24.2 Å². The molecular formula is C22H26N2O3. The van der Waals surface area contributed by atoms with Crippen LogP contribution in [0.2, 0.25) is 0 Å². The molecule has 1 atom stereocenters. The van der Waals surface area contributed by atoms with Crippen molar-refractivity contribution in [2.24, 2.45) is 11.0 Å². The van der Waals surface area contributed by atoms with Gasteiger partial charge in [-0.15, -0.1) is 0 Å². The Balaban J connectivity index is 2.05. The van der Waals surface area contributed by atoms with Crippen molar-refractivity contribution in [3.05, 3.63) is 60.2 Å². The van der Waals surface area contributed by atoms with Crippen molar-refractivity contribution in [3.63, 3.8) is 0 Å². The molecule has 0 radical (unpaired) electrons. The number of carbonyl (C=O) groups excluding carboxylic acids is 2. The molecule has 2 aromatic carbocycles. The number of ether oxygens (including phenoxy) is 1. The number of hydrogen-bond acceptors (Lipinski definition) is 4. The average molecular weight is 366 g/mol. The third kappa shape index (κ3) is 5.78. The summed E-state index contributed by atoms with van der Waals surface area (Å²) in [6, 6.07) is 17.3. The van der Waals surface area contributed by atoms with E-state index in [9.17, 15) is 9.59 Å². The highest BCUT2D eigenvalue weighted by molar-refractivity contribution is 6.02. The van der Waals surface area contributed by atoms with Gasteiger partial charge in [-0.2, -0.15) is 5.10 Å². The number of rotatable bonds is 8. The molecule has 0 aromatic heterocycles. The van der Waals surface area contributed by atoms with Crippen LogP contribution in [0.4, 0.5) is 0 Å². The topological polar surface area (TPSA) is 67.8 Å². The number of nitrogens with zero attached hydrogens (tertiary/aromatic N) is 1. The molecule has 5 heteroatoms. The first-order chi connectivity index (χ1) is 13.1. The molecule has 0 unspecified atom stereocenters. The zero-order valence-corrected chi connectivity index (χ0v) is 16.1. The van der Waals surface area contributed by atoms with Crippen molar-refractivity contribution in [2.75, 3.05) is 6.61 Å². The maximum Gasteiger partial charge on any atom is 0.314 e. The average Bonchev–Trinajstić information content (AvgIpc) is 2.71. The van der Waals surface area contributed by atoms with Crippen LogP contribution in [-0.2, 0) is 9.53 Å². The Kier molecular flexibility index (Phi) is 7.74. The molecular weight excluding hydrogens is 340 g/mol. The smallest absolute Gasteiger partial charge is 0.314 e. The highest BCUT2D eigenvalue weighted by Crippen LogP contribution is 2.19. The molecule has 0 heterocycles. The third-order valence-electron chi connectivity index (χ3n) is 4.24. The van der Waals surface area contributed by atoms with Crippen molar-refractivity contribution in [3.8, 4) is 11.1 Å². The second-order valence-electron chi connectivity index (χ2n) is 6.23. The molecule has 1 amide bonds. The highest BCUT2D eigenvalue weighted by Gasteiger charge is 2.22. The minimum Gasteiger partial charge on any atom is -0.465 e. The normalized spacial score (nSPS) is 12.3. The van der Waals surface area contributed by atoms with Crippen LogP contribution in [0.1, 0.15) is 44.0 Å². The fourth-order valence-corrected chi connectivity index (χ4v) is 2.75. The Labute approximate surface area is 160 Å². The van der Waals surface area contributed by atoms with Gasteiger partial charge in [-0.25, -0.2) is 5.43 Å². The zero-order chi connectivity index (χ0) is 19.6. The molecule has 0 aliphatic rings. The first-order valence-electron chi connectivity index (χ1n) is 9.23. The number of esters is 1. The lowest BCUT2D eigenvalue weighted by atomic mass is 9.99. The molecule has 142 valence electrons. The Bertz CT molecular complexity index is 783. The molecule has 0 aliphatic carbocycles. The fourth-order valence-electron chi connectivity index (χ4n) is 2.75. The van der Waals surface area contributed by atoms with E-state index in [0.29, 0.717) is 24.3 Å². The summed E-state index contributed by atoms with van der Waals surface area (Å²) < 4.78 is 5.09. The molecule has 2 rings (SSSR count). The Morgan fingerprint density at radius 3 is 2.22 bits per heavy atom. The first kappa shape index (κ1) is 20.4. The third-order valence-corrected chi connectivity index (χ3v) is 4.24. The summed E-state index contributed by atoms with van der Waals surface area (Å²) >= 11 is 0. The highest BCUT2D eigenvalue weighted by atomic mass is 16.5. The Hall–Kier alpha value is -2.95. The predicted molar refractivity (Wildman–Crippen MR) is 107 cm³/mol. The van der Waals surface area contributed by atoms with Crippen molar-refractivity contribution in [1.82, 2.24) is 5.43 Å². The number of benzene rings is 2. The van der Waals surface area contributed by atoms with E-state index in [1.54, 1.807) is 26.0 Å². The maximum atomic E-state index is 12.3. The van der Waals surface area contributed by atoms with Gasteiger partial charge in [0.25, 0.3) is 5.91 Å². The lowest BCUT2D eigenvalue weighted by Crippen LogP contribution is -2.27. The second-order valence-corrected chi connectivity index (χ2v) is 6.23. The largest absolute Gasteiger partial charge is 0.465 e. The van der Waals surface area contributed by atoms with Gasteiger partial charge in [0.15, 0.2) is 0 Å². The first-order valence-corrected chi connectivity index (χ1v) is 9.23. The minimum absolute atomic E-state index is 0.304. The predicted octanol–water partition coefficient (Wildman–Crippen LogP) is 4.44. The Morgan fingerprint density at radius 1 is 1.00 bits per heavy atom. The molecule has 0 aliphatic heterocycles. The molecule has 2 aromatic rings. The van der Waals surface area contributed by atoms with Crippen LogP contribution < -0.4 is 5.43 Å². The van der Waals surface area contributed by atoms with Crippen molar-refractivity contribution >= 4 is 17.6 Å². The number of amides is 1. The molecule has 0 spiro atoms. The standard InChI is InChI=1S/C22H26N2O3/c1-4-9-20(22(26)27-5-2)16(3)23-24-21(25)19-14-12-18(13-15-19)17-10-7-6-8-11-17/h6-8,10-15,20H,4-5,9H2,1-3H3,(H,24,25)/t20-/m1/s1. The van der Waals surface area contributed by atoms with E-state index < -0.39 is 5.92 Å². The van der Waals surface area contributed by atoms with Crippen molar-refractivity contribution in [2.45, 2.75) is 33.6 Å². The van der Waals surface area contributed by atoms with Gasteiger partial charge in [-0.3, -0.25) is 9.59 Å². The molecule has 5 nitrogen and oxygen atoms in total. The quantitative estimate of drug-likeness (QED) is 0.427. The SMILES string of the molecule is CCC[C@@H](C(=O)OCC)C(C)=NNC(=O)c1ccc(-c2ccccc2)cc1. The minimum atomic E-state index is -0.435. The summed E-state index contributed by atoms with van der Waals surface area (Å²) in [6.07, 6.45) is 1.46. The fraction of sp³-hybridized carbons (Fsp3) is 0.318. The van der Waals surface area contributed by atoms with Gasteiger partial charge in [-0.1, -0.05) is 55.8 Å². The summed E-state index contributed by atoms with van der Waals surface area (Å²) in [4.78, 5) is 24.4. The van der Waals surface area contributed by atoms with Crippen molar-refractivity contribution < 1.29 is 14.3 Å². The van der Waals surface area contributed by atoms with Gasteiger partial charge < -0.3 is 4.74 Å². The van der Waals surface area contributed by atoms with Gasteiger partial charge in [-0.05, 0) is 43.5 Å². The van der Waals surface area contributed by atoms with Crippen LogP contribution >= 0.6 is 0 Å². The van der Waals surface area contributed by atoms with Gasteiger partial charge >= 0.3 is 5.97 Å². The number of nitrogens with one attached hydrogen (secondary N) is 1. The summed E-state index contributed by atoms with van der Waals surface area (Å²) in [5.74, 6) is -1.05. The van der Waals surface area contributed by atoms with E-state index in [-0.39, 0.29) is 11.9 Å². The number of hydrogen-bond donors (Lipinski definition) is 1. The van der Waals surface area contributed by atoms with E-state index in [4.69, 9.17) is 4.74 Å². The van der Waals surface area contributed by atoms with E-state index in [2.05, 4.69) is 10.5 Å². The summed E-state index contributed by atoms with van der Waals surface area (Å²) in [7, 11) is 0. The van der Waals surface area contributed by atoms with Crippen LogP contribution in [0.15, 0.2) is 59.7 Å².